The molecule has 1 N–H and O–H groups in total. The van der Waals surface area contributed by atoms with Gasteiger partial charge in [0.2, 0.25) is 0 Å². The van der Waals surface area contributed by atoms with E-state index < -0.39 is 0 Å². The van der Waals surface area contributed by atoms with Crippen LogP contribution in [0.25, 0.3) is 0 Å². The third-order valence-corrected chi connectivity index (χ3v) is 5.08. The normalized spacial score (nSPS) is 23.7. The van der Waals surface area contributed by atoms with Crippen molar-refractivity contribution in [3.8, 4) is 0 Å². The Morgan fingerprint density at radius 2 is 2.21 bits per heavy atom. The van der Waals surface area contributed by atoms with Gasteiger partial charge in [-0.2, -0.15) is 0 Å². The Morgan fingerprint density at radius 1 is 1.32 bits per heavy atom. The Hall–Kier alpha value is -0.450. The summed E-state index contributed by atoms with van der Waals surface area (Å²) in [4.78, 5) is 6.26. The quantitative estimate of drug-likeness (QED) is 0.869. The minimum Gasteiger partial charge on any atom is -0.378 e. The smallest absolute Gasteiger partial charge is 0.0957 e. The van der Waals surface area contributed by atoms with Gasteiger partial charge in [0, 0.05) is 30.5 Å². The Morgan fingerprint density at radius 3 is 2.89 bits per heavy atom. The van der Waals surface area contributed by atoms with Crippen LogP contribution in [0.3, 0.4) is 0 Å². The largest absolute Gasteiger partial charge is 0.378 e. The van der Waals surface area contributed by atoms with E-state index in [1.807, 2.05) is 11.3 Å². The van der Waals surface area contributed by atoms with Crippen molar-refractivity contribution >= 4 is 11.3 Å². The van der Waals surface area contributed by atoms with Gasteiger partial charge in [-0.15, -0.1) is 11.3 Å². The maximum atomic E-state index is 5.82. The van der Waals surface area contributed by atoms with E-state index in [4.69, 9.17) is 9.72 Å². The van der Waals surface area contributed by atoms with Gasteiger partial charge in [-0.3, -0.25) is 0 Å². The topological polar surface area (TPSA) is 34.1 Å². The maximum absolute atomic E-state index is 5.82. The van der Waals surface area contributed by atoms with Crippen molar-refractivity contribution in [1.29, 1.82) is 0 Å². The summed E-state index contributed by atoms with van der Waals surface area (Å²) in [5.41, 5.74) is 1.30. The predicted octanol–water partition coefficient (Wildman–Crippen LogP) is 3.07. The zero-order valence-corrected chi connectivity index (χ0v) is 12.6. The van der Waals surface area contributed by atoms with E-state index in [9.17, 15) is 0 Å². The summed E-state index contributed by atoms with van der Waals surface area (Å²) in [6.45, 7) is 4.15. The first-order valence-corrected chi connectivity index (χ1v) is 8.49. The molecule has 0 radical (unpaired) electrons. The van der Waals surface area contributed by atoms with Crippen molar-refractivity contribution < 1.29 is 4.74 Å². The van der Waals surface area contributed by atoms with Crippen LogP contribution in [0.15, 0.2) is 0 Å². The van der Waals surface area contributed by atoms with Crippen LogP contribution in [0.2, 0.25) is 0 Å². The first kappa shape index (κ1) is 13.5. The molecule has 2 fully saturated rings. The molecule has 0 aromatic carbocycles. The van der Waals surface area contributed by atoms with Crippen LogP contribution in [0.4, 0.5) is 0 Å². The van der Waals surface area contributed by atoms with Crippen LogP contribution in [0.1, 0.15) is 54.6 Å². The molecule has 1 saturated heterocycles. The molecule has 2 heterocycles. The summed E-state index contributed by atoms with van der Waals surface area (Å²) >= 11 is 1.89. The molecule has 3 nitrogen and oxygen atoms in total. The van der Waals surface area contributed by atoms with Gasteiger partial charge in [-0.1, -0.05) is 6.92 Å². The third kappa shape index (κ3) is 3.77. The molecule has 4 heteroatoms. The second-order valence-corrected chi connectivity index (χ2v) is 6.85. The van der Waals surface area contributed by atoms with Crippen LogP contribution in [-0.4, -0.2) is 23.7 Å². The Balaban J connectivity index is 1.60. The average molecular weight is 280 g/mol. The lowest BCUT2D eigenvalue weighted by Gasteiger charge is -2.21. The minimum absolute atomic E-state index is 0.411. The van der Waals surface area contributed by atoms with E-state index >= 15 is 0 Å². The number of aromatic nitrogens is 1. The van der Waals surface area contributed by atoms with Gasteiger partial charge in [0.1, 0.15) is 0 Å². The number of thiazole rings is 1. The van der Waals surface area contributed by atoms with E-state index in [2.05, 4.69) is 12.2 Å². The number of hydrogen-bond acceptors (Lipinski definition) is 4. The summed E-state index contributed by atoms with van der Waals surface area (Å²) in [6, 6.07) is 0.775. The van der Waals surface area contributed by atoms with Crippen molar-refractivity contribution in [2.24, 2.45) is 0 Å². The lowest BCUT2D eigenvalue weighted by atomic mass is 10.1. The van der Waals surface area contributed by atoms with Crippen molar-refractivity contribution in [2.75, 3.05) is 6.61 Å². The average Bonchev–Trinajstić information content (AvgIpc) is 3.19. The molecule has 2 aliphatic rings. The lowest BCUT2D eigenvalue weighted by molar-refractivity contribution is 0.0167. The van der Waals surface area contributed by atoms with E-state index in [0.717, 1.165) is 32.0 Å². The second kappa shape index (κ2) is 6.33. The van der Waals surface area contributed by atoms with E-state index in [-0.39, 0.29) is 0 Å². The van der Waals surface area contributed by atoms with Crippen LogP contribution < -0.4 is 5.32 Å². The van der Waals surface area contributed by atoms with E-state index in [1.165, 1.54) is 47.7 Å². The van der Waals surface area contributed by atoms with Gasteiger partial charge in [0.25, 0.3) is 0 Å². The molecule has 1 unspecified atom stereocenters. The van der Waals surface area contributed by atoms with Crippen LogP contribution >= 0.6 is 11.3 Å². The number of nitrogens with zero attached hydrogens (tertiary/aromatic N) is 1. The Labute approximate surface area is 119 Å². The number of aryl methyl sites for hydroxylation is 1. The standard InChI is InChI=1S/C15H24N2OS/c1-2-13-14(10-16-11-6-7-11)19-15(17-13)9-12-5-3-4-8-18-12/h11-12,16H,2-10H2,1H3. The molecule has 1 aromatic rings. The first-order chi connectivity index (χ1) is 9.35. The molecule has 106 valence electrons. The molecule has 1 aliphatic carbocycles. The number of rotatable bonds is 6. The lowest BCUT2D eigenvalue weighted by Crippen LogP contribution is -2.21. The van der Waals surface area contributed by atoms with Gasteiger partial charge in [0.15, 0.2) is 0 Å². The van der Waals surface area contributed by atoms with Crippen molar-refractivity contribution in [2.45, 2.75) is 70.6 Å². The molecular formula is C15H24N2OS. The molecule has 19 heavy (non-hydrogen) atoms. The fourth-order valence-electron chi connectivity index (χ4n) is 2.63. The maximum Gasteiger partial charge on any atom is 0.0957 e. The molecule has 1 saturated carbocycles. The molecule has 0 spiro atoms. The molecule has 0 bridgehead atoms. The van der Waals surface area contributed by atoms with Gasteiger partial charge in [-0.25, -0.2) is 4.98 Å². The van der Waals surface area contributed by atoms with Crippen molar-refractivity contribution in [1.82, 2.24) is 10.3 Å². The zero-order chi connectivity index (χ0) is 13.1. The predicted molar refractivity (Wildman–Crippen MR) is 78.6 cm³/mol. The van der Waals surface area contributed by atoms with Crippen molar-refractivity contribution in [3.63, 3.8) is 0 Å². The SMILES string of the molecule is CCc1nc(CC2CCCCO2)sc1CNC1CC1. The second-order valence-electron chi connectivity index (χ2n) is 5.68. The highest BCUT2D eigenvalue weighted by atomic mass is 32.1. The zero-order valence-electron chi connectivity index (χ0n) is 11.8. The summed E-state index contributed by atoms with van der Waals surface area (Å²) in [5, 5.41) is 4.88. The van der Waals surface area contributed by atoms with Gasteiger partial charge in [0.05, 0.1) is 16.8 Å². The van der Waals surface area contributed by atoms with E-state index in [1.54, 1.807) is 0 Å². The summed E-state index contributed by atoms with van der Waals surface area (Å²) in [6.07, 6.45) is 8.92. The fraction of sp³-hybridized carbons (Fsp3) is 0.800. The van der Waals surface area contributed by atoms with Gasteiger partial charge >= 0.3 is 0 Å². The van der Waals surface area contributed by atoms with Gasteiger partial charge in [-0.05, 0) is 38.5 Å². The molecule has 3 rings (SSSR count). The highest BCUT2D eigenvalue weighted by Crippen LogP contribution is 2.25. The number of nitrogens with one attached hydrogen (secondary N) is 1. The van der Waals surface area contributed by atoms with Crippen LogP contribution in [0, 0.1) is 0 Å². The highest BCUT2D eigenvalue weighted by molar-refractivity contribution is 7.11. The Kier molecular flexibility index (Phi) is 4.51. The highest BCUT2D eigenvalue weighted by Gasteiger charge is 2.22. The summed E-state index contributed by atoms with van der Waals surface area (Å²) in [5.74, 6) is 0. The monoisotopic (exact) mass is 280 g/mol. The summed E-state index contributed by atoms with van der Waals surface area (Å²) < 4.78 is 5.82. The van der Waals surface area contributed by atoms with E-state index in [0.29, 0.717) is 6.10 Å². The van der Waals surface area contributed by atoms with Gasteiger partial charge < -0.3 is 10.1 Å². The molecular weight excluding hydrogens is 256 g/mol. The number of hydrogen-bond donors (Lipinski definition) is 1. The van der Waals surface area contributed by atoms with Crippen LogP contribution in [0.5, 0.6) is 0 Å². The molecule has 1 aliphatic heterocycles. The molecule has 1 atom stereocenters. The van der Waals surface area contributed by atoms with Crippen molar-refractivity contribution in [3.05, 3.63) is 15.6 Å². The number of ether oxygens (including phenoxy) is 1. The van der Waals surface area contributed by atoms with Crippen LogP contribution in [-0.2, 0) is 24.1 Å². The minimum atomic E-state index is 0.411. The third-order valence-electron chi connectivity index (χ3n) is 3.96. The summed E-state index contributed by atoms with van der Waals surface area (Å²) in [7, 11) is 0. The fourth-order valence-corrected chi connectivity index (χ4v) is 3.80. The first-order valence-electron chi connectivity index (χ1n) is 7.67. The molecule has 1 aromatic heterocycles. The Bertz CT molecular complexity index is 408. The molecule has 0 amide bonds.